The fourth-order valence-corrected chi connectivity index (χ4v) is 3.30. The number of hydrogen-bond donors (Lipinski definition) is 1. The van der Waals surface area contributed by atoms with Crippen LogP contribution in [0, 0.1) is 0 Å². The van der Waals surface area contributed by atoms with Gasteiger partial charge in [-0.15, -0.1) is 11.8 Å². The maximum absolute atomic E-state index is 11.4. The number of benzene rings is 1. The van der Waals surface area contributed by atoms with Crippen molar-refractivity contribution in [3.63, 3.8) is 0 Å². The first kappa shape index (κ1) is 15.5. The van der Waals surface area contributed by atoms with Gasteiger partial charge in [-0.1, -0.05) is 5.16 Å². The lowest BCUT2D eigenvalue weighted by atomic mass is 10.0. The van der Waals surface area contributed by atoms with Crippen LogP contribution < -0.4 is 10.1 Å². The van der Waals surface area contributed by atoms with Gasteiger partial charge in [0.25, 0.3) is 0 Å². The largest absolute Gasteiger partial charge is 0.493 e. The van der Waals surface area contributed by atoms with Crippen molar-refractivity contribution >= 4 is 23.4 Å². The molecule has 24 heavy (non-hydrogen) atoms. The number of rotatable bonds is 7. The third-order valence-electron chi connectivity index (χ3n) is 4.12. The van der Waals surface area contributed by atoms with E-state index < -0.39 is 0 Å². The normalized spacial score (nSPS) is 16.6. The molecule has 1 aromatic carbocycles. The predicted molar refractivity (Wildman–Crippen MR) is 91.3 cm³/mol. The number of carbonyl (C=O) groups is 1. The predicted octanol–water partition coefficient (Wildman–Crippen LogP) is 3.14. The van der Waals surface area contributed by atoms with E-state index in [4.69, 9.17) is 9.26 Å². The van der Waals surface area contributed by atoms with Crippen LogP contribution >= 0.6 is 11.8 Å². The Morgan fingerprint density at radius 2 is 2.25 bits per heavy atom. The number of nitrogens with zero attached hydrogens (tertiary/aromatic N) is 2. The summed E-state index contributed by atoms with van der Waals surface area (Å²) in [7, 11) is 0. The van der Waals surface area contributed by atoms with Crippen LogP contribution in [-0.4, -0.2) is 28.4 Å². The maximum atomic E-state index is 11.4. The molecule has 1 aliphatic carbocycles. The van der Waals surface area contributed by atoms with Crippen LogP contribution in [0.5, 0.6) is 5.75 Å². The molecule has 1 fully saturated rings. The first-order valence-electron chi connectivity index (χ1n) is 8.24. The molecule has 4 rings (SSSR count). The summed E-state index contributed by atoms with van der Waals surface area (Å²) >= 11 is 1.72. The fraction of sp³-hybridized carbons (Fsp3) is 0.471. The van der Waals surface area contributed by atoms with Crippen LogP contribution in [0.3, 0.4) is 0 Å². The van der Waals surface area contributed by atoms with Crippen LogP contribution in [0.15, 0.2) is 22.7 Å². The number of nitrogens with one attached hydrogen (secondary N) is 1. The molecule has 0 atom stereocenters. The SMILES string of the molecule is O=C1CCc2cc(OCCSCc3nc(C4CC4)no3)ccc2N1. The number of fused-ring (bicyclic) bond motifs is 1. The Bertz CT molecular complexity index is 742. The third kappa shape index (κ3) is 3.72. The van der Waals surface area contributed by atoms with Crippen LogP contribution in [0.25, 0.3) is 0 Å². The third-order valence-corrected chi connectivity index (χ3v) is 5.03. The van der Waals surface area contributed by atoms with Crippen molar-refractivity contribution < 1.29 is 14.1 Å². The van der Waals surface area contributed by atoms with Crippen LogP contribution in [0.4, 0.5) is 5.69 Å². The second-order valence-electron chi connectivity index (χ2n) is 6.09. The minimum absolute atomic E-state index is 0.0819. The Hall–Kier alpha value is -2.02. The Morgan fingerprint density at radius 1 is 1.33 bits per heavy atom. The van der Waals surface area contributed by atoms with Crippen molar-refractivity contribution in [3.05, 3.63) is 35.5 Å². The Morgan fingerprint density at radius 3 is 3.12 bits per heavy atom. The number of aromatic nitrogens is 2. The summed E-state index contributed by atoms with van der Waals surface area (Å²) in [6, 6.07) is 5.82. The van der Waals surface area contributed by atoms with Gasteiger partial charge < -0.3 is 14.6 Å². The van der Waals surface area contributed by atoms with Crippen molar-refractivity contribution in [2.75, 3.05) is 17.7 Å². The zero-order chi connectivity index (χ0) is 16.4. The average molecular weight is 345 g/mol. The number of anilines is 1. The molecule has 1 N–H and O–H groups in total. The minimum atomic E-state index is 0.0819. The van der Waals surface area contributed by atoms with Crippen LogP contribution in [-0.2, 0) is 17.0 Å². The summed E-state index contributed by atoms with van der Waals surface area (Å²) in [5.41, 5.74) is 2.04. The van der Waals surface area contributed by atoms with Gasteiger partial charge in [-0.3, -0.25) is 4.79 Å². The van der Waals surface area contributed by atoms with E-state index in [-0.39, 0.29) is 5.91 Å². The lowest BCUT2D eigenvalue weighted by molar-refractivity contribution is -0.116. The highest BCUT2D eigenvalue weighted by molar-refractivity contribution is 7.98. The standard InChI is InChI=1S/C17H19N3O3S/c21-15-6-3-12-9-13(4-5-14(12)18-15)22-7-8-24-10-16-19-17(20-23-16)11-1-2-11/h4-5,9,11H,1-3,6-8,10H2,(H,18,21). The maximum Gasteiger partial charge on any atom is 0.236 e. The zero-order valence-corrected chi connectivity index (χ0v) is 14.1. The van der Waals surface area contributed by atoms with Crippen LogP contribution in [0.2, 0.25) is 0 Å². The van der Waals surface area contributed by atoms with Gasteiger partial charge in [-0.05, 0) is 43.0 Å². The average Bonchev–Trinajstić information content (AvgIpc) is 3.34. The van der Waals surface area contributed by atoms with Crippen molar-refractivity contribution in [1.29, 1.82) is 0 Å². The first-order valence-corrected chi connectivity index (χ1v) is 9.39. The van der Waals surface area contributed by atoms with Gasteiger partial charge in [0.2, 0.25) is 11.8 Å². The molecule has 2 heterocycles. The number of carbonyl (C=O) groups excluding carboxylic acids is 1. The number of thioether (sulfide) groups is 1. The summed E-state index contributed by atoms with van der Waals surface area (Å²) in [5.74, 6) is 4.60. The lowest BCUT2D eigenvalue weighted by Crippen LogP contribution is -2.18. The molecule has 126 valence electrons. The summed E-state index contributed by atoms with van der Waals surface area (Å²) < 4.78 is 11.0. The van der Waals surface area contributed by atoms with E-state index in [0.717, 1.165) is 40.8 Å². The van der Waals surface area contributed by atoms with E-state index in [0.29, 0.717) is 24.8 Å². The summed E-state index contributed by atoms with van der Waals surface area (Å²) in [4.78, 5) is 15.8. The first-order chi connectivity index (χ1) is 11.8. The topological polar surface area (TPSA) is 77.2 Å². The van der Waals surface area contributed by atoms with E-state index in [1.54, 1.807) is 11.8 Å². The molecular weight excluding hydrogens is 326 g/mol. The smallest absolute Gasteiger partial charge is 0.236 e. The second-order valence-corrected chi connectivity index (χ2v) is 7.19. The molecule has 1 amide bonds. The Labute approximate surface area is 144 Å². The van der Waals surface area contributed by atoms with E-state index in [1.165, 1.54) is 12.8 Å². The molecule has 1 saturated carbocycles. The van der Waals surface area contributed by atoms with Gasteiger partial charge in [-0.2, -0.15) is 4.98 Å². The van der Waals surface area contributed by atoms with Crippen molar-refractivity contribution in [2.45, 2.75) is 37.4 Å². The molecular formula is C17H19N3O3S. The molecule has 2 aromatic rings. The summed E-state index contributed by atoms with van der Waals surface area (Å²) in [5, 5.41) is 6.88. The molecule has 1 aromatic heterocycles. The molecule has 0 unspecified atom stereocenters. The highest BCUT2D eigenvalue weighted by atomic mass is 32.2. The van der Waals surface area contributed by atoms with Gasteiger partial charge in [0, 0.05) is 23.8 Å². The number of aryl methyl sites for hydroxylation is 1. The molecule has 0 spiro atoms. The van der Waals surface area contributed by atoms with Crippen molar-refractivity contribution in [2.24, 2.45) is 0 Å². The van der Waals surface area contributed by atoms with Gasteiger partial charge in [0.05, 0.1) is 12.4 Å². The quantitative estimate of drug-likeness (QED) is 0.777. The summed E-state index contributed by atoms with van der Waals surface area (Å²) in [6.07, 6.45) is 3.68. The van der Waals surface area contributed by atoms with Gasteiger partial charge >= 0.3 is 0 Å². The van der Waals surface area contributed by atoms with E-state index in [2.05, 4.69) is 15.5 Å². The lowest BCUT2D eigenvalue weighted by Gasteiger charge is -2.17. The molecule has 0 bridgehead atoms. The fourth-order valence-electron chi connectivity index (χ4n) is 2.66. The minimum Gasteiger partial charge on any atom is -0.493 e. The number of ether oxygens (including phenoxy) is 1. The number of amides is 1. The molecule has 0 radical (unpaired) electrons. The Kier molecular flexibility index (Phi) is 4.42. The molecule has 6 nitrogen and oxygen atoms in total. The second kappa shape index (κ2) is 6.84. The van der Waals surface area contributed by atoms with Crippen LogP contribution in [0.1, 0.15) is 42.5 Å². The van der Waals surface area contributed by atoms with Crippen molar-refractivity contribution in [3.8, 4) is 5.75 Å². The highest BCUT2D eigenvalue weighted by Gasteiger charge is 2.28. The Balaban J connectivity index is 1.20. The molecule has 1 aliphatic heterocycles. The van der Waals surface area contributed by atoms with E-state index in [1.807, 2.05) is 18.2 Å². The molecule has 7 heteroatoms. The molecule has 2 aliphatic rings. The van der Waals surface area contributed by atoms with E-state index in [9.17, 15) is 4.79 Å². The summed E-state index contributed by atoms with van der Waals surface area (Å²) in [6.45, 7) is 0.624. The monoisotopic (exact) mass is 345 g/mol. The van der Waals surface area contributed by atoms with Gasteiger partial charge in [-0.25, -0.2) is 0 Å². The zero-order valence-electron chi connectivity index (χ0n) is 13.3. The van der Waals surface area contributed by atoms with Gasteiger partial charge in [0.15, 0.2) is 5.82 Å². The molecule has 0 saturated heterocycles. The van der Waals surface area contributed by atoms with Crippen molar-refractivity contribution in [1.82, 2.24) is 10.1 Å². The van der Waals surface area contributed by atoms with E-state index >= 15 is 0 Å². The number of hydrogen-bond acceptors (Lipinski definition) is 6. The van der Waals surface area contributed by atoms with Gasteiger partial charge in [0.1, 0.15) is 5.75 Å². The highest BCUT2D eigenvalue weighted by Crippen LogP contribution is 2.38.